The Bertz CT molecular complexity index is 993. The number of H-pyrrole nitrogens is 1. The van der Waals surface area contributed by atoms with Crippen molar-refractivity contribution in [2.24, 2.45) is 0 Å². The zero-order chi connectivity index (χ0) is 19.4. The van der Waals surface area contributed by atoms with E-state index in [-0.39, 0.29) is 10.7 Å². The second-order valence-corrected chi connectivity index (χ2v) is 7.87. The summed E-state index contributed by atoms with van der Waals surface area (Å²) in [4.78, 5) is 0.170. The largest absolute Gasteiger partial charge is 0.385 e. The number of halogens is 1. The van der Waals surface area contributed by atoms with Crippen molar-refractivity contribution in [3.05, 3.63) is 71.3 Å². The maximum absolute atomic E-state index is 12.9. The first-order valence-electron chi connectivity index (χ1n) is 8.48. The molecule has 0 spiro atoms. The van der Waals surface area contributed by atoms with E-state index in [1.165, 1.54) is 12.1 Å². The molecule has 3 aromatic rings. The summed E-state index contributed by atoms with van der Waals surface area (Å²) in [5.41, 5.74) is 3.31. The molecule has 3 rings (SSSR count). The number of aromatic nitrogens is 2. The fraction of sp³-hybridized carbons (Fsp3) is 0.211. The molecule has 0 saturated carbocycles. The van der Waals surface area contributed by atoms with Gasteiger partial charge in [0.05, 0.1) is 11.4 Å². The van der Waals surface area contributed by atoms with Gasteiger partial charge in [-0.15, -0.1) is 0 Å². The Hall–Kier alpha value is -2.87. The van der Waals surface area contributed by atoms with E-state index in [1.807, 2.05) is 0 Å². The highest BCUT2D eigenvalue weighted by Crippen LogP contribution is 2.22. The molecule has 27 heavy (non-hydrogen) atoms. The number of nitrogens with one attached hydrogen (secondary N) is 3. The third kappa shape index (κ3) is 4.65. The molecule has 0 unspecified atom stereocenters. The Kier molecular flexibility index (Phi) is 5.46. The minimum Gasteiger partial charge on any atom is -0.385 e. The average molecular weight is 388 g/mol. The van der Waals surface area contributed by atoms with E-state index < -0.39 is 10.0 Å². The van der Waals surface area contributed by atoms with Gasteiger partial charge in [0, 0.05) is 17.9 Å². The van der Waals surface area contributed by atoms with Crippen LogP contribution in [0.5, 0.6) is 0 Å². The van der Waals surface area contributed by atoms with Crippen LogP contribution in [0.3, 0.4) is 0 Å². The summed E-state index contributed by atoms with van der Waals surface area (Å²) in [6, 6.07) is 13.4. The summed E-state index contributed by atoms with van der Waals surface area (Å²) in [7, 11) is -3.70. The third-order valence-electron chi connectivity index (χ3n) is 4.12. The van der Waals surface area contributed by atoms with Crippen molar-refractivity contribution < 1.29 is 12.8 Å². The van der Waals surface area contributed by atoms with Gasteiger partial charge >= 0.3 is 0 Å². The molecule has 1 heterocycles. The molecule has 0 radical (unpaired) electrons. The second-order valence-electron chi connectivity index (χ2n) is 6.25. The van der Waals surface area contributed by atoms with Crippen LogP contribution in [0, 0.1) is 19.7 Å². The lowest BCUT2D eigenvalue weighted by Crippen LogP contribution is -2.14. The van der Waals surface area contributed by atoms with E-state index in [9.17, 15) is 12.8 Å². The maximum atomic E-state index is 12.9. The van der Waals surface area contributed by atoms with E-state index in [4.69, 9.17) is 0 Å². The first-order valence-corrected chi connectivity index (χ1v) is 9.96. The summed E-state index contributed by atoms with van der Waals surface area (Å²) in [6.45, 7) is 4.00. The third-order valence-corrected chi connectivity index (χ3v) is 5.77. The van der Waals surface area contributed by atoms with Gasteiger partial charge in [0.25, 0.3) is 10.0 Å². The zero-order valence-electron chi connectivity index (χ0n) is 15.1. The van der Waals surface area contributed by atoms with Crippen LogP contribution in [0.25, 0.3) is 0 Å². The van der Waals surface area contributed by atoms with Gasteiger partial charge in [0.2, 0.25) is 0 Å². The van der Waals surface area contributed by atoms with Crippen molar-refractivity contribution in [2.45, 2.75) is 25.2 Å². The first-order chi connectivity index (χ1) is 12.8. The van der Waals surface area contributed by atoms with Crippen LogP contribution in [-0.4, -0.2) is 25.2 Å². The van der Waals surface area contributed by atoms with E-state index in [0.717, 1.165) is 17.7 Å². The quantitative estimate of drug-likeness (QED) is 0.577. The number of anilines is 2. The number of sulfonamides is 1. The van der Waals surface area contributed by atoms with Crippen molar-refractivity contribution in [2.75, 3.05) is 16.6 Å². The molecule has 142 valence electrons. The molecular formula is C19H21FN4O2S. The number of hydrogen-bond donors (Lipinski definition) is 3. The van der Waals surface area contributed by atoms with Crippen LogP contribution in [0.4, 0.5) is 15.8 Å². The number of rotatable bonds is 7. The molecular weight excluding hydrogens is 367 g/mol. The minimum absolute atomic E-state index is 0.170. The lowest BCUT2D eigenvalue weighted by Gasteiger charge is -2.10. The van der Waals surface area contributed by atoms with Crippen molar-refractivity contribution in [1.82, 2.24) is 10.2 Å². The fourth-order valence-electron chi connectivity index (χ4n) is 2.80. The zero-order valence-corrected chi connectivity index (χ0v) is 15.9. The fourth-order valence-corrected chi connectivity index (χ4v) is 4.23. The molecule has 0 fully saturated rings. The molecule has 8 heteroatoms. The lowest BCUT2D eigenvalue weighted by atomic mass is 10.1. The molecule has 1 aromatic heterocycles. The van der Waals surface area contributed by atoms with Crippen LogP contribution < -0.4 is 10.0 Å². The summed E-state index contributed by atoms with van der Waals surface area (Å²) in [6.07, 6.45) is 0.758. The smallest absolute Gasteiger partial charge is 0.265 e. The number of aromatic amines is 1. The Morgan fingerprint density at radius 1 is 1.00 bits per heavy atom. The second kappa shape index (κ2) is 7.79. The van der Waals surface area contributed by atoms with Gasteiger partial charge in [0.1, 0.15) is 10.7 Å². The molecule has 0 aliphatic heterocycles. The van der Waals surface area contributed by atoms with Crippen molar-refractivity contribution in [3.63, 3.8) is 0 Å². The molecule has 0 amide bonds. The van der Waals surface area contributed by atoms with Crippen molar-refractivity contribution >= 4 is 21.4 Å². The molecule has 2 aromatic carbocycles. The first kappa shape index (κ1) is 18.9. The summed E-state index contributed by atoms with van der Waals surface area (Å²) < 4.78 is 40.5. The Labute approximate surface area is 157 Å². The van der Waals surface area contributed by atoms with Gasteiger partial charge in [-0.05, 0) is 62.2 Å². The molecule has 0 aliphatic carbocycles. The number of hydrogen-bond acceptors (Lipinski definition) is 4. The monoisotopic (exact) mass is 388 g/mol. The number of benzene rings is 2. The summed E-state index contributed by atoms with van der Waals surface area (Å²) >= 11 is 0. The van der Waals surface area contributed by atoms with Crippen LogP contribution >= 0.6 is 0 Å². The molecule has 0 saturated heterocycles. The van der Waals surface area contributed by atoms with Crippen molar-refractivity contribution in [3.8, 4) is 0 Å². The number of nitrogens with zero attached hydrogens (tertiary/aromatic N) is 1. The summed E-state index contributed by atoms with van der Waals surface area (Å²) in [5.74, 6) is -0.245. The lowest BCUT2D eigenvalue weighted by molar-refractivity contribution is 0.600. The van der Waals surface area contributed by atoms with Gasteiger partial charge in [-0.2, -0.15) is 5.10 Å². The van der Waals surface area contributed by atoms with Gasteiger partial charge in [-0.25, -0.2) is 12.8 Å². The van der Waals surface area contributed by atoms with Gasteiger partial charge in [-0.1, -0.05) is 12.1 Å². The van der Waals surface area contributed by atoms with Crippen LogP contribution in [0.15, 0.2) is 53.4 Å². The number of aryl methyl sites for hydroxylation is 2. The van der Waals surface area contributed by atoms with Gasteiger partial charge in [0.15, 0.2) is 0 Å². The van der Waals surface area contributed by atoms with Crippen molar-refractivity contribution in [1.29, 1.82) is 0 Å². The standard InChI is InChI=1S/C19H21FN4O2S/c1-13-19(14(2)23-22-13)27(25,26)24-18-9-7-17(8-10-18)21-12-11-15-3-5-16(20)6-4-15/h3-10,21,24H,11-12H2,1-2H3,(H,22,23). The molecule has 6 nitrogen and oxygen atoms in total. The van der Waals surface area contributed by atoms with Gasteiger partial charge in [-0.3, -0.25) is 9.82 Å². The molecule has 3 N–H and O–H groups in total. The van der Waals surface area contributed by atoms with E-state index in [1.54, 1.807) is 50.2 Å². The molecule has 0 bridgehead atoms. The predicted octanol–water partition coefficient (Wildman–Crippen LogP) is 3.62. The Balaban J connectivity index is 1.59. The highest BCUT2D eigenvalue weighted by atomic mass is 32.2. The van der Waals surface area contributed by atoms with E-state index in [0.29, 0.717) is 23.6 Å². The Morgan fingerprint density at radius 2 is 1.63 bits per heavy atom. The van der Waals surface area contributed by atoms with E-state index in [2.05, 4.69) is 20.2 Å². The van der Waals surface area contributed by atoms with Crippen LogP contribution in [0.2, 0.25) is 0 Å². The Morgan fingerprint density at radius 3 is 2.22 bits per heavy atom. The van der Waals surface area contributed by atoms with Gasteiger partial charge < -0.3 is 5.32 Å². The SMILES string of the molecule is Cc1n[nH]c(C)c1S(=O)(=O)Nc1ccc(NCCc2ccc(F)cc2)cc1. The molecule has 0 aliphatic rings. The average Bonchev–Trinajstić information content (AvgIpc) is 2.97. The predicted molar refractivity (Wildman–Crippen MR) is 104 cm³/mol. The van der Waals surface area contributed by atoms with E-state index >= 15 is 0 Å². The highest BCUT2D eigenvalue weighted by molar-refractivity contribution is 7.92. The maximum Gasteiger partial charge on any atom is 0.265 e. The van der Waals surface area contributed by atoms with Crippen LogP contribution in [-0.2, 0) is 16.4 Å². The molecule has 0 atom stereocenters. The minimum atomic E-state index is -3.70. The van der Waals surface area contributed by atoms with Crippen LogP contribution in [0.1, 0.15) is 17.0 Å². The highest BCUT2D eigenvalue weighted by Gasteiger charge is 2.22. The summed E-state index contributed by atoms with van der Waals surface area (Å²) in [5, 5.41) is 9.86. The normalized spacial score (nSPS) is 11.4. The topological polar surface area (TPSA) is 86.9 Å².